The first-order valence-electron chi connectivity index (χ1n) is 6.42. The molecular weight excluding hydrogens is 228 g/mol. The van der Waals surface area contributed by atoms with Crippen LogP contribution in [0.4, 0.5) is 5.69 Å². The van der Waals surface area contributed by atoms with Gasteiger partial charge in [0.1, 0.15) is 0 Å². The van der Waals surface area contributed by atoms with E-state index in [4.69, 9.17) is 4.74 Å². The van der Waals surface area contributed by atoms with Gasteiger partial charge in [-0.05, 0) is 37.1 Å². The fourth-order valence-electron chi connectivity index (χ4n) is 2.21. The number of hydrogen-bond donors (Lipinski definition) is 2. The second kappa shape index (κ2) is 6.52. The second-order valence-corrected chi connectivity index (χ2v) is 4.63. The number of benzene rings is 1. The van der Waals surface area contributed by atoms with Gasteiger partial charge in [0.15, 0.2) is 0 Å². The summed E-state index contributed by atoms with van der Waals surface area (Å²) in [5, 5.41) is 6.20. The number of hydrogen-bond acceptors (Lipinski definition) is 3. The van der Waals surface area contributed by atoms with Gasteiger partial charge in [0.2, 0.25) is 5.91 Å². The fraction of sp³-hybridized carbons (Fsp3) is 0.500. The van der Waals surface area contributed by atoms with Gasteiger partial charge in [-0.3, -0.25) is 4.79 Å². The summed E-state index contributed by atoms with van der Waals surface area (Å²) < 4.78 is 5.08. The van der Waals surface area contributed by atoms with Crippen LogP contribution in [0.15, 0.2) is 24.3 Å². The molecule has 4 heteroatoms. The van der Waals surface area contributed by atoms with Crippen molar-refractivity contribution in [2.45, 2.75) is 31.9 Å². The predicted octanol–water partition coefficient (Wildman–Crippen LogP) is 1.91. The number of carbonyl (C=O) groups excluding carboxylic acids is 1. The molecule has 4 nitrogen and oxygen atoms in total. The molecule has 1 aromatic rings. The van der Waals surface area contributed by atoms with Gasteiger partial charge < -0.3 is 15.4 Å². The first-order valence-corrected chi connectivity index (χ1v) is 6.42. The van der Waals surface area contributed by atoms with Gasteiger partial charge >= 0.3 is 0 Å². The van der Waals surface area contributed by atoms with Crippen molar-refractivity contribution in [1.29, 1.82) is 0 Å². The zero-order chi connectivity index (χ0) is 12.8. The number of piperidine rings is 1. The van der Waals surface area contributed by atoms with E-state index in [2.05, 4.69) is 10.6 Å². The molecule has 0 spiro atoms. The Balaban J connectivity index is 1.95. The maximum Gasteiger partial charge on any atom is 0.241 e. The van der Waals surface area contributed by atoms with Crippen molar-refractivity contribution in [2.24, 2.45) is 0 Å². The molecule has 1 atom stereocenters. The Bertz CT molecular complexity index is 401. The molecule has 1 saturated heterocycles. The van der Waals surface area contributed by atoms with Crippen LogP contribution in [0.25, 0.3) is 0 Å². The molecule has 98 valence electrons. The number of anilines is 1. The molecule has 0 radical (unpaired) electrons. The van der Waals surface area contributed by atoms with E-state index in [1.807, 2.05) is 24.3 Å². The molecule has 0 bridgehead atoms. The molecule has 0 unspecified atom stereocenters. The zero-order valence-electron chi connectivity index (χ0n) is 10.7. The van der Waals surface area contributed by atoms with Crippen LogP contribution in [-0.2, 0) is 16.1 Å². The molecule has 2 rings (SSSR count). The molecule has 1 amide bonds. The number of carbonyl (C=O) groups is 1. The number of amides is 1. The lowest BCUT2D eigenvalue weighted by molar-refractivity contribution is -0.118. The van der Waals surface area contributed by atoms with Gasteiger partial charge in [-0.25, -0.2) is 0 Å². The summed E-state index contributed by atoms with van der Waals surface area (Å²) in [6, 6.07) is 7.71. The van der Waals surface area contributed by atoms with E-state index in [0.29, 0.717) is 6.61 Å². The Morgan fingerprint density at radius 3 is 3.11 bits per heavy atom. The molecule has 1 fully saturated rings. The van der Waals surface area contributed by atoms with E-state index in [-0.39, 0.29) is 11.9 Å². The highest BCUT2D eigenvalue weighted by molar-refractivity contribution is 5.94. The summed E-state index contributed by atoms with van der Waals surface area (Å²) in [6.07, 6.45) is 3.20. The van der Waals surface area contributed by atoms with E-state index < -0.39 is 0 Å². The lowest BCUT2D eigenvalue weighted by Crippen LogP contribution is -2.43. The Kier molecular flexibility index (Phi) is 4.73. The van der Waals surface area contributed by atoms with Crippen LogP contribution < -0.4 is 10.6 Å². The van der Waals surface area contributed by atoms with Crippen LogP contribution in [0, 0.1) is 0 Å². The topological polar surface area (TPSA) is 50.4 Å². The first-order chi connectivity index (χ1) is 8.79. The molecule has 1 heterocycles. The average molecular weight is 248 g/mol. The summed E-state index contributed by atoms with van der Waals surface area (Å²) in [4.78, 5) is 12.0. The van der Waals surface area contributed by atoms with Crippen LogP contribution in [0.2, 0.25) is 0 Å². The molecule has 18 heavy (non-hydrogen) atoms. The van der Waals surface area contributed by atoms with Crippen molar-refractivity contribution in [2.75, 3.05) is 19.0 Å². The Morgan fingerprint density at radius 2 is 2.39 bits per heavy atom. The van der Waals surface area contributed by atoms with Crippen molar-refractivity contribution in [3.8, 4) is 0 Å². The van der Waals surface area contributed by atoms with E-state index in [9.17, 15) is 4.79 Å². The highest BCUT2D eigenvalue weighted by Gasteiger charge is 2.20. The van der Waals surface area contributed by atoms with Crippen molar-refractivity contribution >= 4 is 11.6 Å². The number of methoxy groups -OCH3 is 1. The van der Waals surface area contributed by atoms with Gasteiger partial charge in [0.05, 0.1) is 12.6 Å². The van der Waals surface area contributed by atoms with Crippen molar-refractivity contribution in [3.63, 3.8) is 0 Å². The van der Waals surface area contributed by atoms with Crippen LogP contribution >= 0.6 is 0 Å². The molecule has 1 aromatic carbocycles. The smallest absolute Gasteiger partial charge is 0.241 e. The lowest BCUT2D eigenvalue weighted by atomic mass is 10.0. The maximum absolute atomic E-state index is 12.0. The van der Waals surface area contributed by atoms with Crippen molar-refractivity contribution in [3.05, 3.63) is 29.8 Å². The largest absolute Gasteiger partial charge is 0.380 e. The fourth-order valence-corrected chi connectivity index (χ4v) is 2.21. The molecule has 0 aromatic heterocycles. The van der Waals surface area contributed by atoms with E-state index in [1.54, 1.807) is 7.11 Å². The summed E-state index contributed by atoms with van der Waals surface area (Å²) in [7, 11) is 1.66. The molecule has 1 aliphatic rings. The van der Waals surface area contributed by atoms with E-state index >= 15 is 0 Å². The number of nitrogens with one attached hydrogen (secondary N) is 2. The zero-order valence-corrected chi connectivity index (χ0v) is 10.7. The Morgan fingerprint density at radius 1 is 1.50 bits per heavy atom. The van der Waals surface area contributed by atoms with Crippen LogP contribution in [-0.4, -0.2) is 25.6 Å². The van der Waals surface area contributed by atoms with Crippen molar-refractivity contribution in [1.82, 2.24) is 5.32 Å². The minimum atomic E-state index is -0.0511. The van der Waals surface area contributed by atoms with Crippen LogP contribution in [0.1, 0.15) is 24.8 Å². The normalized spacial score (nSPS) is 19.5. The average Bonchev–Trinajstić information content (AvgIpc) is 2.40. The molecular formula is C14H20N2O2. The monoisotopic (exact) mass is 248 g/mol. The number of rotatable bonds is 4. The summed E-state index contributed by atoms with van der Waals surface area (Å²) in [5.41, 5.74) is 1.90. The molecule has 1 aliphatic heterocycles. The quantitative estimate of drug-likeness (QED) is 0.856. The van der Waals surface area contributed by atoms with Gasteiger partial charge in [0.25, 0.3) is 0 Å². The number of ether oxygens (including phenoxy) is 1. The highest BCUT2D eigenvalue weighted by Crippen LogP contribution is 2.14. The molecule has 0 saturated carbocycles. The highest BCUT2D eigenvalue weighted by atomic mass is 16.5. The van der Waals surface area contributed by atoms with Gasteiger partial charge in [-0.2, -0.15) is 0 Å². The Labute approximate surface area is 108 Å². The van der Waals surface area contributed by atoms with Crippen LogP contribution in [0.3, 0.4) is 0 Å². The van der Waals surface area contributed by atoms with Gasteiger partial charge in [-0.1, -0.05) is 18.6 Å². The predicted molar refractivity (Wildman–Crippen MR) is 71.4 cm³/mol. The second-order valence-electron chi connectivity index (χ2n) is 4.63. The lowest BCUT2D eigenvalue weighted by Gasteiger charge is -2.22. The third-order valence-electron chi connectivity index (χ3n) is 3.13. The summed E-state index contributed by atoms with van der Waals surface area (Å²) in [6.45, 7) is 1.49. The third-order valence-corrected chi connectivity index (χ3v) is 3.13. The van der Waals surface area contributed by atoms with Gasteiger partial charge in [0, 0.05) is 12.8 Å². The Hall–Kier alpha value is -1.39. The minimum absolute atomic E-state index is 0.0511. The third kappa shape index (κ3) is 3.55. The van der Waals surface area contributed by atoms with Crippen LogP contribution in [0.5, 0.6) is 0 Å². The molecule has 0 aliphatic carbocycles. The standard InChI is InChI=1S/C14H20N2O2/c1-18-10-11-5-4-6-12(9-11)16-14(17)13-7-2-3-8-15-13/h4-6,9,13,15H,2-3,7-8,10H2,1H3,(H,16,17)/t13-/m1/s1. The SMILES string of the molecule is COCc1cccc(NC(=O)[C@H]2CCCCN2)c1. The minimum Gasteiger partial charge on any atom is -0.380 e. The van der Waals surface area contributed by atoms with E-state index in [0.717, 1.165) is 37.1 Å². The van der Waals surface area contributed by atoms with Gasteiger partial charge in [-0.15, -0.1) is 0 Å². The maximum atomic E-state index is 12.0. The summed E-state index contributed by atoms with van der Waals surface area (Å²) >= 11 is 0. The summed E-state index contributed by atoms with van der Waals surface area (Å²) in [5.74, 6) is 0.0595. The van der Waals surface area contributed by atoms with E-state index in [1.165, 1.54) is 0 Å². The van der Waals surface area contributed by atoms with Crippen molar-refractivity contribution < 1.29 is 9.53 Å². The molecule has 2 N–H and O–H groups in total. The first kappa shape index (κ1) is 13.1.